The lowest BCUT2D eigenvalue weighted by Gasteiger charge is -2.11. The van der Waals surface area contributed by atoms with E-state index in [4.69, 9.17) is 9.47 Å². The SMILES string of the molecule is COc1cccc2c([Si])ccc(OC)c12. The van der Waals surface area contributed by atoms with Crippen molar-refractivity contribution >= 4 is 26.2 Å². The molecule has 0 aliphatic rings. The van der Waals surface area contributed by atoms with E-state index in [1.807, 2.05) is 30.3 Å². The van der Waals surface area contributed by atoms with Crippen LogP contribution in [-0.4, -0.2) is 24.5 Å². The number of hydrogen-bond acceptors (Lipinski definition) is 2. The minimum absolute atomic E-state index is 0.824. The third-order valence-corrected chi connectivity index (χ3v) is 2.84. The van der Waals surface area contributed by atoms with Gasteiger partial charge in [0.1, 0.15) is 11.5 Å². The lowest BCUT2D eigenvalue weighted by Crippen LogP contribution is -2.04. The van der Waals surface area contributed by atoms with E-state index >= 15 is 0 Å². The molecule has 2 nitrogen and oxygen atoms in total. The minimum atomic E-state index is 0.824. The van der Waals surface area contributed by atoms with E-state index in [1.165, 1.54) is 0 Å². The zero-order valence-corrected chi connectivity index (χ0v) is 9.70. The van der Waals surface area contributed by atoms with Crippen LogP contribution in [0.5, 0.6) is 11.5 Å². The normalized spacial score (nSPS) is 10.3. The Balaban J connectivity index is 2.87. The molecule has 0 heterocycles. The first kappa shape index (κ1) is 10.0. The predicted molar refractivity (Wildman–Crippen MR) is 62.4 cm³/mol. The Morgan fingerprint density at radius 3 is 2.27 bits per heavy atom. The van der Waals surface area contributed by atoms with Crippen molar-refractivity contribution in [2.45, 2.75) is 0 Å². The number of methoxy groups -OCH3 is 2. The van der Waals surface area contributed by atoms with Crippen molar-refractivity contribution in [2.75, 3.05) is 14.2 Å². The first-order valence-electron chi connectivity index (χ1n) is 4.63. The Morgan fingerprint density at radius 2 is 1.60 bits per heavy atom. The van der Waals surface area contributed by atoms with Crippen LogP contribution in [0.25, 0.3) is 10.8 Å². The highest BCUT2D eigenvalue weighted by atomic mass is 28.1. The Kier molecular flexibility index (Phi) is 2.64. The maximum Gasteiger partial charge on any atom is 0.130 e. The highest BCUT2D eigenvalue weighted by molar-refractivity contribution is 6.39. The van der Waals surface area contributed by atoms with Gasteiger partial charge in [0.15, 0.2) is 0 Å². The highest BCUT2D eigenvalue weighted by Gasteiger charge is 2.08. The van der Waals surface area contributed by atoms with Gasteiger partial charge < -0.3 is 9.47 Å². The summed E-state index contributed by atoms with van der Waals surface area (Å²) in [6.45, 7) is 0. The molecule has 3 radical (unpaired) electrons. The second kappa shape index (κ2) is 3.94. The van der Waals surface area contributed by atoms with Crippen LogP contribution in [0.4, 0.5) is 0 Å². The van der Waals surface area contributed by atoms with Crippen LogP contribution in [0.15, 0.2) is 30.3 Å². The summed E-state index contributed by atoms with van der Waals surface area (Å²) in [6.07, 6.45) is 0. The first-order valence-corrected chi connectivity index (χ1v) is 5.13. The summed E-state index contributed by atoms with van der Waals surface area (Å²) in [6, 6.07) is 9.81. The molecular weight excluding hydrogens is 204 g/mol. The van der Waals surface area contributed by atoms with Gasteiger partial charge in [-0.05, 0) is 17.5 Å². The zero-order valence-electron chi connectivity index (χ0n) is 8.70. The van der Waals surface area contributed by atoms with E-state index in [2.05, 4.69) is 10.2 Å². The van der Waals surface area contributed by atoms with Crippen molar-refractivity contribution in [1.82, 2.24) is 0 Å². The topological polar surface area (TPSA) is 18.5 Å². The van der Waals surface area contributed by atoms with Crippen LogP contribution in [0.2, 0.25) is 0 Å². The molecule has 0 amide bonds. The Morgan fingerprint density at radius 1 is 0.933 bits per heavy atom. The van der Waals surface area contributed by atoms with Crippen LogP contribution < -0.4 is 14.7 Å². The smallest absolute Gasteiger partial charge is 0.130 e. The van der Waals surface area contributed by atoms with Gasteiger partial charge in [0.05, 0.1) is 29.8 Å². The molecule has 0 unspecified atom stereocenters. The standard InChI is InChI=1S/C12H11O2Si/c1-13-9-5-3-4-8-11(15)7-6-10(14-2)12(8)9/h3-7H,1-2H3. The molecular formula is C12H11O2Si. The largest absolute Gasteiger partial charge is 0.496 e. The lowest BCUT2D eigenvalue weighted by molar-refractivity contribution is 0.405. The van der Waals surface area contributed by atoms with Crippen molar-refractivity contribution in [2.24, 2.45) is 0 Å². The van der Waals surface area contributed by atoms with Gasteiger partial charge in [-0.25, -0.2) is 0 Å². The predicted octanol–water partition coefficient (Wildman–Crippen LogP) is 1.65. The molecule has 0 aliphatic carbocycles. The van der Waals surface area contributed by atoms with E-state index in [-0.39, 0.29) is 0 Å². The summed E-state index contributed by atoms with van der Waals surface area (Å²) >= 11 is 0. The summed E-state index contributed by atoms with van der Waals surface area (Å²) < 4.78 is 10.6. The van der Waals surface area contributed by atoms with Crippen LogP contribution in [0.3, 0.4) is 0 Å². The van der Waals surface area contributed by atoms with Crippen molar-refractivity contribution in [3.05, 3.63) is 30.3 Å². The van der Waals surface area contributed by atoms with E-state index in [1.54, 1.807) is 14.2 Å². The zero-order chi connectivity index (χ0) is 10.8. The molecule has 0 saturated carbocycles. The average molecular weight is 215 g/mol. The van der Waals surface area contributed by atoms with Gasteiger partial charge >= 0.3 is 0 Å². The second-order valence-corrected chi connectivity index (χ2v) is 3.74. The van der Waals surface area contributed by atoms with E-state index < -0.39 is 0 Å². The molecule has 2 rings (SSSR count). The van der Waals surface area contributed by atoms with Crippen molar-refractivity contribution < 1.29 is 9.47 Å². The molecule has 75 valence electrons. The molecule has 0 saturated heterocycles. The summed E-state index contributed by atoms with van der Waals surface area (Å²) in [5, 5.41) is 3.12. The molecule has 2 aromatic carbocycles. The van der Waals surface area contributed by atoms with Crippen LogP contribution in [-0.2, 0) is 0 Å². The third kappa shape index (κ3) is 1.59. The molecule has 0 aromatic heterocycles. The first-order chi connectivity index (χ1) is 7.27. The summed E-state index contributed by atoms with van der Waals surface area (Å²) in [5.41, 5.74) is 0. The monoisotopic (exact) mass is 215 g/mol. The molecule has 15 heavy (non-hydrogen) atoms. The Labute approximate surface area is 92.2 Å². The van der Waals surface area contributed by atoms with Gasteiger partial charge in [-0.3, -0.25) is 0 Å². The fraction of sp³-hybridized carbons (Fsp3) is 0.167. The highest BCUT2D eigenvalue weighted by Crippen LogP contribution is 2.32. The van der Waals surface area contributed by atoms with Gasteiger partial charge in [0, 0.05) is 0 Å². The summed E-state index contributed by atoms with van der Waals surface area (Å²) in [7, 11) is 6.89. The van der Waals surface area contributed by atoms with Gasteiger partial charge in [-0.2, -0.15) is 0 Å². The Hall–Kier alpha value is -1.48. The maximum absolute atomic E-state index is 5.32. The molecule has 2 aromatic rings. The molecule has 0 fully saturated rings. The molecule has 0 spiro atoms. The number of benzene rings is 2. The van der Waals surface area contributed by atoms with Gasteiger partial charge in [-0.1, -0.05) is 23.4 Å². The quantitative estimate of drug-likeness (QED) is 0.709. The van der Waals surface area contributed by atoms with Crippen molar-refractivity contribution in [3.63, 3.8) is 0 Å². The molecule has 0 aliphatic heterocycles. The van der Waals surface area contributed by atoms with E-state index in [9.17, 15) is 0 Å². The van der Waals surface area contributed by atoms with Crippen molar-refractivity contribution in [1.29, 1.82) is 0 Å². The van der Waals surface area contributed by atoms with Crippen LogP contribution in [0.1, 0.15) is 0 Å². The number of fused-ring (bicyclic) bond motifs is 1. The lowest BCUT2D eigenvalue weighted by atomic mass is 10.1. The summed E-state index contributed by atoms with van der Waals surface area (Å²) in [4.78, 5) is 0. The van der Waals surface area contributed by atoms with E-state index in [0.29, 0.717) is 0 Å². The molecule has 0 N–H and O–H groups in total. The van der Waals surface area contributed by atoms with Gasteiger partial charge in [0.2, 0.25) is 0 Å². The number of hydrogen-bond donors (Lipinski definition) is 0. The fourth-order valence-electron chi connectivity index (χ4n) is 1.68. The fourth-order valence-corrected chi connectivity index (χ4v) is 1.97. The summed E-state index contributed by atoms with van der Waals surface area (Å²) in [5.74, 6) is 1.65. The number of ether oxygens (including phenoxy) is 2. The molecule has 0 bridgehead atoms. The van der Waals surface area contributed by atoms with E-state index in [0.717, 1.165) is 27.5 Å². The van der Waals surface area contributed by atoms with Gasteiger partial charge in [-0.15, -0.1) is 0 Å². The Bertz CT molecular complexity index is 484. The van der Waals surface area contributed by atoms with Crippen LogP contribution in [0, 0.1) is 0 Å². The average Bonchev–Trinajstić information content (AvgIpc) is 2.29. The van der Waals surface area contributed by atoms with Crippen LogP contribution >= 0.6 is 0 Å². The number of rotatable bonds is 2. The molecule has 0 atom stereocenters. The third-order valence-electron chi connectivity index (χ3n) is 2.40. The molecule has 3 heteroatoms. The maximum atomic E-state index is 5.32. The van der Waals surface area contributed by atoms with Gasteiger partial charge in [0.25, 0.3) is 0 Å². The second-order valence-electron chi connectivity index (χ2n) is 3.20. The minimum Gasteiger partial charge on any atom is -0.496 e. The van der Waals surface area contributed by atoms with Crippen molar-refractivity contribution in [3.8, 4) is 11.5 Å².